The minimum atomic E-state index is 0.714. The first-order chi connectivity index (χ1) is 8.81. The Labute approximate surface area is 109 Å². The molecule has 1 aliphatic heterocycles. The quantitative estimate of drug-likeness (QED) is 0.600. The summed E-state index contributed by atoms with van der Waals surface area (Å²) in [4.78, 5) is 9.26. The molecule has 0 saturated carbocycles. The number of nitrogens with zero attached hydrogens (tertiary/aromatic N) is 3. The highest BCUT2D eigenvalue weighted by Crippen LogP contribution is 2.09. The fraction of sp³-hybridized carbons (Fsp3) is 0.615. The second-order valence-corrected chi connectivity index (χ2v) is 4.81. The summed E-state index contributed by atoms with van der Waals surface area (Å²) in [6.07, 6.45) is 3.14. The van der Waals surface area contributed by atoms with Gasteiger partial charge in [-0.15, -0.1) is 0 Å². The van der Waals surface area contributed by atoms with E-state index in [1.807, 2.05) is 12.3 Å². The lowest BCUT2D eigenvalue weighted by molar-refractivity contribution is 0.127. The van der Waals surface area contributed by atoms with Crippen molar-refractivity contribution >= 4 is 5.82 Å². The minimum absolute atomic E-state index is 0.714. The molecule has 0 spiro atoms. The van der Waals surface area contributed by atoms with E-state index in [-0.39, 0.29) is 0 Å². The van der Waals surface area contributed by atoms with Crippen molar-refractivity contribution in [2.75, 3.05) is 38.1 Å². The molecule has 5 heteroatoms. The second kappa shape index (κ2) is 6.68. The molecular formula is C13H23N5. The van der Waals surface area contributed by atoms with Crippen LogP contribution in [0.25, 0.3) is 0 Å². The van der Waals surface area contributed by atoms with Crippen molar-refractivity contribution in [2.45, 2.75) is 19.9 Å². The molecule has 0 bridgehead atoms. The maximum absolute atomic E-state index is 5.30. The normalized spacial score (nSPS) is 17.9. The fourth-order valence-corrected chi connectivity index (χ4v) is 2.35. The second-order valence-electron chi connectivity index (χ2n) is 4.81. The van der Waals surface area contributed by atoms with Crippen LogP contribution in [-0.4, -0.2) is 47.5 Å². The van der Waals surface area contributed by atoms with Gasteiger partial charge in [0.1, 0.15) is 5.82 Å². The van der Waals surface area contributed by atoms with Crippen LogP contribution in [0.1, 0.15) is 18.9 Å². The Hall–Kier alpha value is -1.17. The zero-order chi connectivity index (χ0) is 12.8. The van der Waals surface area contributed by atoms with Crippen LogP contribution in [0.15, 0.2) is 18.3 Å². The smallest absolute Gasteiger partial charge is 0.139 e. The highest BCUT2D eigenvalue weighted by molar-refractivity contribution is 5.33. The summed E-state index contributed by atoms with van der Waals surface area (Å²) in [7, 11) is 0. The molecule has 3 N–H and O–H groups in total. The number of anilines is 1. The molecular weight excluding hydrogens is 226 g/mol. The average Bonchev–Trinajstić information content (AvgIpc) is 2.42. The Morgan fingerprint density at radius 1 is 1.22 bits per heavy atom. The number of rotatable bonds is 5. The van der Waals surface area contributed by atoms with E-state index in [0.29, 0.717) is 5.82 Å². The van der Waals surface area contributed by atoms with Crippen molar-refractivity contribution in [1.82, 2.24) is 14.8 Å². The third-order valence-corrected chi connectivity index (χ3v) is 3.38. The number of hydrogen-bond acceptors (Lipinski definition) is 5. The van der Waals surface area contributed by atoms with Gasteiger partial charge in [-0.05, 0) is 24.6 Å². The van der Waals surface area contributed by atoms with E-state index < -0.39 is 0 Å². The van der Waals surface area contributed by atoms with E-state index in [1.54, 1.807) is 0 Å². The highest BCUT2D eigenvalue weighted by Gasteiger charge is 2.15. The largest absolute Gasteiger partial charge is 0.308 e. The van der Waals surface area contributed by atoms with Gasteiger partial charge < -0.3 is 10.3 Å². The Bertz CT molecular complexity index is 343. The Morgan fingerprint density at radius 3 is 2.50 bits per heavy atom. The summed E-state index contributed by atoms with van der Waals surface area (Å²) in [6.45, 7) is 9.12. The van der Waals surface area contributed by atoms with Crippen molar-refractivity contribution in [1.29, 1.82) is 0 Å². The molecule has 0 amide bonds. The van der Waals surface area contributed by atoms with Gasteiger partial charge in [-0.1, -0.05) is 13.0 Å². The molecule has 1 aliphatic rings. The van der Waals surface area contributed by atoms with E-state index in [4.69, 9.17) is 5.84 Å². The van der Waals surface area contributed by atoms with Gasteiger partial charge in [0.05, 0.1) is 0 Å². The predicted molar refractivity (Wildman–Crippen MR) is 74.1 cm³/mol. The van der Waals surface area contributed by atoms with Crippen molar-refractivity contribution < 1.29 is 0 Å². The zero-order valence-electron chi connectivity index (χ0n) is 11.1. The van der Waals surface area contributed by atoms with E-state index in [2.05, 4.69) is 33.2 Å². The maximum Gasteiger partial charge on any atom is 0.139 e. The van der Waals surface area contributed by atoms with Crippen LogP contribution in [0.3, 0.4) is 0 Å². The van der Waals surface area contributed by atoms with Crippen LogP contribution in [0, 0.1) is 0 Å². The van der Waals surface area contributed by atoms with E-state index in [1.165, 1.54) is 31.6 Å². The molecule has 18 heavy (non-hydrogen) atoms. The molecule has 1 saturated heterocycles. The van der Waals surface area contributed by atoms with E-state index in [9.17, 15) is 0 Å². The van der Waals surface area contributed by atoms with Gasteiger partial charge in [0.15, 0.2) is 0 Å². The summed E-state index contributed by atoms with van der Waals surface area (Å²) < 4.78 is 0. The van der Waals surface area contributed by atoms with Gasteiger partial charge in [0.2, 0.25) is 0 Å². The molecule has 1 fully saturated rings. The first-order valence-corrected chi connectivity index (χ1v) is 6.68. The van der Waals surface area contributed by atoms with Crippen molar-refractivity contribution in [3.8, 4) is 0 Å². The monoisotopic (exact) mass is 249 g/mol. The lowest BCUT2D eigenvalue weighted by atomic mass is 10.2. The third-order valence-electron chi connectivity index (χ3n) is 3.38. The zero-order valence-corrected chi connectivity index (χ0v) is 11.1. The van der Waals surface area contributed by atoms with Gasteiger partial charge in [0.25, 0.3) is 0 Å². The van der Waals surface area contributed by atoms with Crippen LogP contribution in [0.2, 0.25) is 0 Å². The lowest BCUT2D eigenvalue weighted by Crippen LogP contribution is -2.45. The molecule has 1 aromatic heterocycles. The molecule has 0 aliphatic carbocycles. The highest BCUT2D eigenvalue weighted by atomic mass is 15.3. The average molecular weight is 249 g/mol. The van der Waals surface area contributed by atoms with Gasteiger partial charge >= 0.3 is 0 Å². The Balaban J connectivity index is 1.80. The Kier molecular flexibility index (Phi) is 4.92. The molecule has 2 rings (SSSR count). The first kappa shape index (κ1) is 13.3. The summed E-state index contributed by atoms with van der Waals surface area (Å²) >= 11 is 0. The maximum atomic E-state index is 5.30. The van der Waals surface area contributed by atoms with Gasteiger partial charge in [0, 0.05) is 38.9 Å². The summed E-state index contributed by atoms with van der Waals surface area (Å²) in [5.41, 5.74) is 3.79. The molecule has 100 valence electrons. The molecule has 5 nitrogen and oxygen atoms in total. The molecule has 0 atom stereocenters. The SMILES string of the molecule is CCCN1CCN(Cc2ccc(NN)nc2)CC1. The fourth-order valence-electron chi connectivity index (χ4n) is 2.35. The molecule has 0 unspecified atom stereocenters. The number of hydrogen-bond donors (Lipinski definition) is 2. The number of pyridine rings is 1. The van der Waals surface area contributed by atoms with Crippen LogP contribution in [-0.2, 0) is 6.54 Å². The third kappa shape index (κ3) is 3.66. The number of piperazine rings is 1. The van der Waals surface area contributed by atoms with Crippen molar-refractivity contribution in [2.24, 2.45) is 5.84 Å². The van der Waals surface area contributed by atoms with Crippen molar-refractivity contribution in [3.05, 3.63) is 23.9 Å². The minimum Gasteiger partial charge on any atom is -0.308 e. The lowest BCUT2D eigenvalue weighted by Gasteiger charge is -2.34. The van der Waals surface area contributed by atoms with Crippen LogP contribution in [0.4, 0.5) is 5.82 Å². The van der Waals surface area contributed by atoms with Crippen LogP contribution < -0.4 is 11.3 Å². The topological polar surface area (TPSA) is 57.4 Å². The molecule has 0 radical (unpaired) electrons. The summed E-state index contributed by atoms with van der Waals surface area (Å²) in [5, 5.41) is 0. The molecule has 2 heterocycles. The van der Waals surface area contributed by atoms with Gasteiger partial charge in [-0.25, -0.2) is 10.8 Å². The van der Waals surface area contributed by atoms with E-state index in [0.717, 1.165) is 19.6 Å². The number of nitrogens with two attached hydrogens (primary N) is 1. The number of nitrogens with one attached hydrogen (secondary N) is 1. The number of aromatic nitrogens is 1. The van der Waals surface area contributed by atoms with Crippen molar-refractivity contribution in [3.63, 3.8) is 0 Å². The van der Waals surface area contributed by atoms with Gasteiger partial charge in [-0.2, -0.15) is 0 Å². The number of hydrazine groups is 1. The Morgan fingerprint density at radius 2 is 1.94 bits per heavy atom. The molecule has 0 aromatic carbocycles. The predicted octanol–water partition coefficient (Wildman–Crippen LogP) is 0.895. The summed E-state index contributed by atoms with van der Waals surface area (Å²) in [6, 6.07) is 4.00. The molecule has 1 aromatic rings. The van der Waals surface area contributed by atoms with Crippen LogP contribution >= 0.6 is 0 Å². The standard InChI is InChI=1S/C13H23N5/c1-2-5-17-6-8-18(9-7-17)11-12-3-4-13(16-14)15-10-12/h3-4,10H,2,5-9,11,14H2,1H3,(H,15,16). The van der Waals surface area contributed by atoms with Gasteiger partial charge in [-0.3, -0.25) is 4.90 Å². The van der Waals surface area contributed by atoms with Crippen LogP contribution in [0.5, 0.6) is 0 Å². The first-order valence-electron chi connectivity index (χ1n) is 6.68. The summed E-state index contributed by atoms with van der Waals surface area (Å²) in [5.74, 6) is 6.01. The number of nitrogen functional groups attached to an aromatic ring is 1. The van der Waals surface area contributed by atoms with E-state index >= 15 is 0 Å².